The van der Waals surface area contributed by atoms with Crippen LogP contribution in [0, 0.1) is 0 Å². The Bertz CT molecular complexity index is 1350. The molecule has 0 unspecified atom stereocenters. The molecule has 1 N–H and O–H groups in total. The third kappa shape index (κ3) is 4.53. The summed E-state index contributed by atoms with van der Waals surface area (Å²) in [7, 11) is 0. The zero-order valence-electron chi connectivity index (χ0n) is 17.3. The molecule has 32 heavy (non-hydrogen) atoms. The molecule has 0 amide bonds. The Morgan fingerprint density at radius 3 is 2.44 bits per heavy atom. The molecule has 5 rings (SSSR count). The summed E-state index contributed by atoms with van der Waals surface area (Å²) in [6.07, 6.45) is 1.81. The topological polar surface area (TPSA) is 46.5 Å². The first-order valence-corrected chi connectivity index (χ1v) is 11.2. The van der Waals surface area contributed by atoms with Crippen LogP contribution in [-0.4, -0.2) is 11.2 Å². The quantitative estimate of drug-likeness (QED) is 0.221. The van der Waals surface area contributed by atoms with E-state index in [4.69, 9.17) is 4.74 Å². The summed E-state index contributed by atoms with van der Waals surface area (Å²) >= 11 is 1.53. The first-order chi connectivity index (χ1) is 15.9. The first kappa shape index (κ1) is 20.0. The van der Waals surface area contributed by atoms with Gasteiger partial charge in [0, 0.05) is 16.5 Å². The number of hydrogen-bond acceptors (Lipinski definition) is 5. The summed E-state index contributed by atoms with van der Waals surface area (Å²) in [5.41, 5.74) is 7.15. The van der Waals surface area contributed by atoms with E-state index in [1.54, 1.807) is 0 Å². The van der Waals surface area contributed by atoms with Crippen LogP contribution in [0.3, 0.4) is 0 Å². The van der Waals surface area contributed by atoms with Crippen molar-refractivity contribution in [3.05, 3.63) is 114 Å². The maximum atomic E-state index is 6.16. The number of nitrogens with one attached hydrogen (secondary N) is 1. The number of hydrogen-bond donors (Lipinski definition) is 1. The van der Waals surface area contributed by atoms with Crippen molar-refractivity contribution >= 4 is 33.5 Å². The van der Waals surface area contributed by atoms with Gasteiger partial charge in [0.2, 0.25) is 5.13 Å². The highest BCUT2D eigenvalue weighted by Gasteiger charge is 2.08. The summed E-state index contributed by atoms with van der Waals surface area (Å²) < 4.78 is 6.16. The van der Waals surface area contributed by atoms with Gasteiger partial charge in [0.05, 0.1) is 11.9 Å². The molecular formula is C27H21N3OS. The Morgan fingerprint density at radius 2 is 1.59 bits per heavy atom. The van der Waals surface area contributed by atoms with E-state index in [9.17, 15) is 0 Å². The minimum atomic E-state index is 0.500. The molecular weight excluding hydrogens is 414 g/mol. The van der Waals surface area contributed by atoms with Crippen LogP contribution >= 0.6 is 11.3 Å². The molecule has 0 bridgehead atoms. The number of anilines is 1. The van der Waals surface area contributed by atoms with Crippen molar-refractivity contribution in [2.45, 2.75) is 6.61 Å². The standard InChI is InChI=1S/C27H21N3OS/c1-3-9-20(10-4-1)18-31-26-16-15-21-11-7-8-14-23(21)24(26)17-28-30-27-29-25(19-32-27)22-12-5-2-6-13-22/h1-17,19H,18H2,(H,29,30)/b28-17-. The van der Waals surface area contributed by atoms with Gasteiger partial charge < -0.3 is 4.74 Å². The van der Waals surface area contributed by atoms with Gasteiger partial charge in [-0.05, 0) is 22.4 Å². The Balaban J connectivity index is 1.38. The van der Waals surface area contributed by atoms with Crippen molar-refractivity contribution in [3.8, 4) is 17.0 Å². The molecule has 1 aromatic heterocycles. The van der Waals surface area contributed by atoms with Crippen molar-refractivity contribution in [1.82, 2.24) is 4.98 Å². The fraction of sp³-hybridized carbons (Fsp3) is 0.0370. The Labute approximate surface area is 190 Å². The molecule has 0 saturated carbocycles. The molecule has 4 aromatic carbocycles. The maximum Gasteiger partial charge on any atom is 0.203 e. The van der Waals surface area contributed by atoms with Gasteiger partial charge in [-0.15, -0.1) is 11.3 Å². The number of rotatable bonds is 7. The molecule has 156 valence electrons. The highest BCUT2D eigenvalue weighted by molar-refractivity contribution is 7.14. The molecule has 5 heteroatoms. The third-order valence-corrected chi connectivity index (χ3v) is 5.84. The number of ether oxygens (including phenoxy) is 1. The third-order valence-electron chi connectivity index (χ3n) is 5.10. The Morgan fingerprint density at radius 1 is 0.844 bits per heavy atom. The molecule has 4 nitrogen and oxygen atoms in total. The average Bonchev–Trinajstić information content (AvgIpc) is 3.33. The summed E-state index contributed by atoms with van der Waals surface area (Å²) in [5, 5.41) is 9.48. The van der Waals surface area contributed by atoms with E-state index in [0.717, 1.165) is 44.0 Å². The molecule has 0 aliphatic rings. The van der Waals surface area contributed by atoms with E-state index in [2.05, 4.69) is 58.0 Å². The average molecular weight is 436 g/mol. The van der Waals surface area contributed by atoms with Crippen molar-refractivity contribution < 1.29 is 4.74 Å². The molecule has 0 aliphatic carbocycles. The predicted octanol–water partition coefficient (Wildman–Crippen LogP) is 6.99. The lowest BCUT2D eigenvalue weighted by molar-refractivity contribution is 0.306. The SMILES string of the molecule is C(=N/Nc1nc(-c2ccccc2)cs1)/c1c(OCc2ccccc2)ccc2ccccc12. The van der Waals surface area contributed by atoms with Gasteiger partial charge in [-0.2, -0.15) is 5.10 Å². The van der Waals surface area contributed by atoms with Crippen molar-refractivity contribution in [3.63, 3.8) is 0 Å². The normalized spacial score (nSPS) is 11.1. The molecule has 5 aromatic rings. The van der Waals surface area contributed by atoms with Gasteiger partial charge in [0.25, 0.3) is 0 Å². The molecule has 0 radical (unpaired) electrons. The van der Waals surface area contributed by atoms with Crippen LogP contribution in [0.25, 0.3) is 22.0 Å². The van der Waals surface area contributed by atoms with Crippen molar-refractivity contribution in [2.24, 2.45) is 5.10 Å². The molecule has 1 heterocycles. The van der Waals surface area contributed by atoms with E-state index >= 15 is 0 Å². The van der Waals surface area contributed by atoms with Gasteiger partial charge in [-0.3, -0.25) is 5.43 Å². The van der Waals surface area contributed by atoms with E-state index in [0.29, 0.717) is 6.61 Å². The van der Waals surface area contributed by atoms with Gasteiger partial charge in [-0.1, -0.05) is 91.0 Å². The van der Waals surface area contributed by atoms with E-state index in [1.807, 2.05) is 66.2 Å². The summed E-state index contributed by atoms with van der Waals surface area (Å²) in [4.78, 5) is 4.63. The number of thiazole rings is 1. The lowest BCUT2D eigenvalue weighted by atomic mass is 10.0. The second kappa shape index (κ2) is 9.45. The molecule has 0 fully saturated rings. The van der Waals surface area contributed by atoms with Crippen molar-refractivity contribution in [2.75, 3.05) is 5.43 Å². The van der Waals surface area contributed by atoms with Crippen LogP contribution in [0.5, 0.6) is 5.75 Å². The fourth-order valence-corrected chi connectivity index (χ4v) is 4.16. The zero-order chi connectivity index (χ0) is 21.6. The minimum absolute atomic E-state index is 0.500. The van der Waals surface area contributed by atoms with E-state index in [-0.39, 0.29) is 0 Å². The molecule has 0 saturated heterocycles. The van der Waals surface area contributed by atoms with Crippen LogP contribution < -0.4 is 10.2 Å². The smallest absolute Gasteiger partial charge is 0.203 e. The molecule has 0 spiro atoms. The highest BCUT2D eigenvalue weighted by atomic mass is 32.1. The maximum absolute atomic E-state index is 6.16. The second-order valence-electron chi connectivity index (χ2n) is 7.25. The van der Waals surface area contributed by atoms with Crippen molar-refractivity contribution in [1.29, 1.82) is 0 Å². The summed E-state index contributed by atoms with van der Waals surface area (Å²) in [6, 6.07) is 32.6. The van der Waals surface area contributed by atoms with Crippen LogP contribution in [0.15, 0.2) is 108 Å². The Hall–Kier alpha value is -3.96. The fourth-order valence-electron chi connectivity index (χ4n) is 3.49. The first-order valence-electron chi connectivity index (χ1n) is 10.4. The van der Waals surface area contributed by atoms with Gasteiger partial charge in [0.1, 0.15) is 12.4 Å². The van der Waals surface area contributed by atoms with Gasteiger partial charge in [0.15, 0.2) is 0 Å². The van der Waals surface area contributed by atoms with Crippen LogP contribution in [0.1, 0.15) is 11.1 Å². The number of hydrazone groups is 1. The van der Waals surface area contributed by atoms with Gasteiger partial charge >= 0.3 is 0 Å². The zero-order valence-corrected chi connectivity index (χ0v) is 18.1. The lowest BCUT2D eigenvalue weighted by Crippen LogP contribution is -2.00. The summed E-state index contributed by atoms with van der Waals surface area (Å²) in [5.74, 6) is 0.794. The van der Waals surface area contributed by atoms with Crippen LogP contribution in [0.4, 0.5) is 5.13 Å². The number of aromatic nitrogens is 1. The predicted molar refractivity (Wildman–Crippen MR) is 133 cm³/mol. The van der Waals surface area contributed by atoms with Crippen LogP contribution in [-0.2, 0) is 6.61 Å². The van der Waals surface area contributed by atoms with E-state index < -0.39 is 0 Å². The molecule has 0 atom stereocenters. The Kier molecular flexibility index (Phi) is 5.90. The van der Waals surface area contributed by atoms with Gasteiger partial charge in [-0.25, -0.2) is 4.98 Å². The monoisotopic (exact) mass is 435 g/mol. The largest absolute Gasteiger partial charge is 0.488 e. The van der Waals surface area contributed by atoms with Crippen LogP contribution in [0.2, 0.25) is 0 Å². The highest BCUT2D eigenvalue weighted by Crippen LogP contribution is 2.28. The van der Waals surface area contributed by atoms with E-state index in [1.165, 1.54) is 11.3 Å². The number of benzene rings is 4. The minimum Gasteiger partial charge on any atom is -0.488 e. The summed E-state index contributed by atoms with van der Waals surface area (Å²) in [6.45, 7) is 0.500. The number of fused-ring (bicyclic) bond motifs is 1. The number of nitrogens with zero attached hydrogens (tertiary/aromatic N) is 2. The lowest BCUT2D eigenvalue weighted by Gasteiger charge is -2.12. The molecule has 0 aliphatic heterocycles. The second-order valence-corrected chi connectivity index (χ2v) is 8.10.